The highest BCUT2D eigenvalue weighted by molar-refractivity contribution is 5.00. The van der Waals surface area contributed by atoms with Crippen LogP contribution in [0.2, 0.25) is 0 Å². The van der Waals surface area contributed by atoms with Crippen LogP contribution < -0.4 is 0 Å². The molecule has 3 rings (SSSR count). The molecular formula is C12H19N3O. The fourth-order valence-corrected chi connectivity index (χ4v) is 2.56. The van der Waals surface area contributed by atoms with Crippen LogP contribution in [-0.4, -0.2) is 21.4 Å². The molecule has 1 aromatic heterocycles. The molecule has 0 aliphatic carbocycles. The Morgan fingerprint density at radius 1 is 1.31 bits per heavy atom. The van der Waals surface area contributed by atoms with Crippen molar-refractivity contribution in [3.8, 4) is 0 Å². The fraction of sp³-hybridized carbons (Fsp3) is 0.833. The zero-order chi connectivity index (χ0) is 11.0. The Bertz CT molecular complexity index is 368. The molecule has 1 saturated heterocycles. The third-order valence-electron chi connectivity index (χ3n) is 3.60. The van der Waals surface area contributed by atoms with Gasteiger partial charge in [0.1, 0.15) is 11.9 Å². The number of fused-ring (bicyclic) bond motifs is 1. The minimum Gasteiger partial charge on any atom is -0.370 e. The Kier molecular flexibility index (Phi) is 2.67. The lowest BCUT2D eigenvalue weighted by atomic mass is 10.0. The number of aromatic nitrogens is 3. The van der Waals surface area contributed by atoms with Crippen LogP contribution >= 0.6 is 0 Å². The predicted molar refractivity (Wildman–Crippen MR) is 60.1 cm³/mol. The topological polar surface area (TPSA) is 39.9 Å². The van der Waals surface area contributed by atoms with Crippen molar-refractivity contribution < 1.29 is 4.74 Å². The van der Waals surface area contributed by atoms with Gasteiger partial charge in [-0.25, -0.2) is 9.67 Å². The molecule has 2 aliphatic rings. The van der Waals surface area contributed by atoms with E-state index in [1.54, 1.807) is 0 Å². The molecule has 1 aromatic rings. The van der Waals surface area contributed by atoms with Crippen LogP contribution in [0.4, 0.5) is 0 Å². The molecular weight excluding hydrogens is 202 g/mol. The van der Waals surface area contributed by atoms with Crippen molar-refractivity contribution >= 4 is 0 Å². The average Bonchev–Trinajstić information content (AvgIpc) is 2.73. The normalized spacial score (nSPS) is 30.1. The van der Waals surface area contributed by atoms with Crippen LogP contribution in [0, 0.1) is 5.92 Å². The molecule has 0 N–H and O–H groups in total. The van der Waals surface area contributed by atoms with Gasteiger partial charge in [-0.3, -0.25) is 0 Å². The minimum atomic E-state index is 0.155. The molecule has 88 valence electrons. The van der Waals surface area contributed by atoms with E-state index < -0.39 is 0 Å². The maximum atomic E-state index is 5.73. The van der Waals surface area contributed by atoms with E-state index in [-0.39, 0.29) is 6.10 Å². The summed E-state index contributed by atoms with van der Waals surface area (Å²) in [6, 6.07) is 0. The van der Waals surface area contributed by atoms with Crippen molar-refractivity contribution in [3.63, 3.8) is 0 Å². The zero-order valence-corrected chi connectivity index (χ0v) is 9.85. The number of rotatable bonds is 1. The summed E-state index contributed by atoms with van der Waals surface area (Å²) in [5.74, 6) is 2.82. The van der Waals surface area contributed by atoms with Gasteiger partial charge in [0.2, 0.25) is 0 Å². The highest BCUT2D eigenvalue weighted by Crippen LogP contribution is 2.27. The maximum absolute atomic E-state index is 5.73. The summed E-state index contributed by atoms with van der Waals surface area (Å²) in [5.41, 5.74) is 0. The van der Waals surface area contributed by atoms with Crippen LogP contribution in [0.5, 0.6) is 0 Å². The lowest BCUT2D eigenvalue weighted by Crippen LogP contribution is -2.18. The van der Waals surface area contributed by atoms with Crippen LogP contribution in [0.25, 0.3) is 0 Å². The van der Waals surface area contributed by atoms with Crippen LogP contribution in [0.1, 0.15) is 50.4 Å². The van der Waals surface area contributed by atoms with Gasteiger partial charge in [-0.05, 0) is 31.6 Å². The van der Waals surface area contributed by atoms with E-state index in [0.29, 0.717) is 0 Å². The molecule has 0 saturated carbocycles. The van der Waals surface area contributed by atoms with E-state index in [1.165, 1.54) is 19.3 Å². The molecule has 4 heteroatoms. The number of hydrogen-bond donors (Lipinski definition) is 0. The number of nitrogens with zero attached hydrogens (tertiary/aromatic N) is 3. The number of ether oxygens (including phenoxy) is 1. The van der Waals surface area contributed by atoms with Crippen molar-refractivity contribution in [1.82, 2.24) is 14.8 Å². The van der Waals surface area contributed by atoms with E-state index in [4.69, 9.17) is 4.74 Å². The largest absolute Gasteiger partial charge is 0.370 e. The summed E-state index contributed by atoms with van der Waals surface area (Å²) >= 11 is 0. The first kappa shape index (κ1) is 10.3. The van der Waals surface area contributed by atoms with Crippen molar-refractivity contribution in [1.29, 1.82) is 0 Å². The van der Waals surface area contributed by atoms with Crippen LogP contribution in [0.15, 0.2) is 0 Å². The smallest absolute Gasteiger partial charge is 0.179 e. The molecule has 2 unspecified atom stereocenters. The summed E-state index contributed by atoms with van der Waals surface area (Å²) in [6.45, 7) is 4.18. The van der Waals surface area contributed by atoms with Gasteiger partial charge in [0.05, 0.1) is 0 Å². The van der Waals surface area contributed by atoms with E-state index in [9.17, 15) is 0 Å². The van der Waals surface area contributed by atoms with E-state index >= 15 is 0 Å². The molecule has 16 heavy (non-hydrogen) atoms. The summed E-state index contributed by atoms with van der Waals surface area (Å²) in [5, 5.41) is 4.59. The van der Waals surface area contributed by atoms with E-state index in [1.807, 2.05) is 0 Å². The molecule has 3 heterocycles. The van der Waals surface area contributed by atoms with Gasteiger partial charge in [0.15, 0.2) is 5.82 Å². The fourth-order valence-electron chi connectivity index (χ4n) is 2.56. The highest BCUT2D eigenvalue weighted by Gasteiger charge is 2.24. The van der Waals surface area contributed by atoms with Gasteiger partial charge >= 0.3 is 0 Å². The molecule has 2 atom stereocenters. The van der Waals surface area contributed by atoms with Crippen LogP contribution in [0.3, 0.4) is 0 Å². The molecule has 0 spiro atoms. The van der Waals surface area contributed by atoms with Crippen molar-refractivity contribution in [2.45, 2.75) is 51.7 Å². The van der Waals surface area contributed by atoms with Gasteiger partial charge in [0, 0.05) is 19.6 Å². The Balaban J connectivity index is 1.80. The van der Waals surface area contributed by atoms with Crippen molar-refractivity contribution in [2.24, 2.45) is 5.92 Å². The second-order valence-electron chi connectivity index (χ2n) is 5.06. The second kappa shape index (κ2) is 4.17. The summed E-state index contributed by atoms with van der Waals surface area (Å²) in [4.78, 5) is 4.65. The third-order valence-corrected chi connectivity index (χ3v) is 3.60. The molecule has 4 nitrogen and oxygen atoms in total. The summed E-state index contributed by atoms with van der Waals surface area (Å²) < 4.78 is 7.81. The molecule has 0 aromatic carbocycles. The standard InChI is InChI=1S/C12H19N3O/c1-9-5-6-15-11(8-9)13-12(14-15)10-4-2-3-7-16-10/h9-10H,2-8H2,1H3. The van der Waals surface area contributed by atoms with Crippen molar-refractivity contribution in [3.05, 3.63) is 11.6 Å². The Hall–Kier alpha value is -0.900. The maximum Gasteiger partial charge on any atom is 0.179 e. The molecule has 0 bridgehead atoms. The molecule has 0 radical (unpaired) electrons. The monoisotopic (exact) mass is 221 g/mol. The Morgan fingerprint density at radius 3 is 3.06 bits per heavy atom. The van der Waals surface area contributed by atoms with Crippen LogP contribution in [-0.2, 0) is 17.7 Å². The molecule has 1 fully saturated rings. The van der Waals surface area contributed by atoms with Gasteiger partial charge < -0.3 is 4.74 Å². The van der Waals surface area contributed by atoms with E-state index in [2.05, 4.69) is 21.7 Å². The third kappa shape index (κ3) is 1.86. The second-order valence-corrected chi connectivity index (χ2v) is 5.06. The molecule has 2 aliphatic heterocycles. The van der Waals surface area contributed by atoms with Gasteiger partial charge in [-0.2, -0.15) is 5.10 Å². The van der Waals surface area contributed by atoms with Gasteiger partial charge in [0.25, 0.3) is 0 Å². The zero-order valence-electron chi connectivity index (χ0n) is 9.85. The molecule has 0 amide bonds. The lowest BCUT2D eigenvalue weighted by Gasteiger charge is -2.19. The Morgan fingerprint density at radius 2 is 2.25 bits per heavy atom. The van der Waals surface area contributed by atoms with Gasteiger partial charge in [-0.1, -0.05) is 6.92 Å². The first-order valence-corrected chi connectivity index (χ1v) is 6.38. The predicted octanol–water partition coefficient (Wildman–Crippen LogP) is 2.10. The number of hydrogen-bond acceptors (Lipinski definition) is 3. The van der Waals surface area contributed by atoms with E-state index in [0.717, 1.165) is 43.6 Å². The average molecular weight is 221 g/mol. The quantitative estimate of drug-likeness (QED) is 0.729. The number of aryl methyl sites for hydroxylation is 1. The summed E-state index contributed by atoms with van der Waals surface area (Å²) in [7, 11) is 0. The Labute approximate surface area is 96.0 Å². The minimum absolute atomic E-state index is 0.155. The first-order valence-electron chi connectivity index (χ1n) is 6.38. The van der Waals surface area contributed by atoms with Gasteiger partial charge in [-0.15, -0.1) is 0 Å². The summed E-state index contributed by atoms with van der Waals surface area (Å²) in [6.07, 6.45) is 5.95. The lowest BCUT2D eigenvalue weighted by molar-refractivity contribution is 0.00936. The SMILES string of the molecule is CC1CCn2nc(C3CCCCO3)nc2C1. The first-order chi connectivity index (χ1) is 7.83. The highest BCUT2D eigenvalue weighted by atomic mass is 16.5. The van der Waals surface area contributed by atoms with Crippen molar-refractivity contribution in [2.75, 3.05) is 6.61 Å².